The molecule has 318 valence electrons. The Bertz CT molecular complexity index is 1010. The van der Waals surface area contributed by atoms with Crippen LogP contribution in [0.5, 0.6) is 0 Å². The summed E-state index contributed by atoms with van der Waals surface area (Å²) in [4.78, 5) is 34.9. The number of allylic oxidation sites excluding steroid dienone is 2. The van der Waals surface area contributed by atoms with Gasteiger partial charge in [0.05, 0.1) is 6.61 Å². The number of esters is 2. The van der Waals surface area contributed by atoms with Crippen molar-refractivity contribution in [1.82, 2.24) is 0 Å². The zero-order valence-corrected chi connectivity index (χ0v) is 34.2. The Labute approximate surface area is 324 Å². The van der Waals surface area contributed by atoms with Crippen molar-refractivity contribution in [2.45, 2.75) is 217 Å². The summed E-state index contributed by atoms with van der Waals surface area (Å²) in [7, 11) is -5.09. The van der Waals surface area contributed by atoms with E-state index in [1.807, 2.05) is 6.92 Å². The van der Waals surface area contributed by atoms with Gasteiger partial charge in [0.1, 0.15) is 43.2 Å². The highest BCUT2D eigenvalue weighted by molar-refractivity contribution is 7.47. The highest BCUT2D eigenvalue weighted by Crippen LogP contribution is 2.47. The molecule has 0 amide bonds. The van der Waals surface area contributed by atoms with Crippen LogP contribution >= 0.6 is 7.82 Å². The molecular formula is C40H75O13P. The zero-order valence-electron chi connectivity index (χ0n) is 33.3. The summed E-state index contributed by atoms with van der Waals surface area (Å²) in [5.74, 6) is -1.14. The summed E-state index contributed by atoms with van der Waals surface area (Å²) in [6.07, 6.45) is 18.7. The van der Waals surface area contributed by atoms with E-state index in [0.29, 0.717) is 12.8 Å². The Morgan fingerprint density at radius 2 is 0.963 bits per heavy atom. The third kappa shape index (κ3) is 24.3. The lowest BCUT2D eigenvalue weighted by molar-refractivity contribution is -0.220. The van der Waals surface area contributed by atoms with Crippen LogP contribution < -0.4 is 0 Å². The minimum atomic E-state index is -5.09. The molecule has 6 unspecified atom stereocenters. The molecular weight excluding hydrogens is 719 g/mol. The summed E-state index contributed by atoms with van der Waals surface area (Å²) < 4.78 is 32.9. The van der Waals surface area contributed by atoms with E-state index in [0.717, 1.165) is 32.1 Å². The molecule has 0 radical (unpaired) electrons. The molecule has 13 nitrogen and oxygen atoms in total. The standard InChI is InChI=1S/C40H75O13P/c1-3-5-7-8-9-10-11-12-13-14-15-16-17-18-19-20-21-22-23-24-25-26-27-29-34(42)52-32(30-50-33(41)28-6-4-2)31-51-54(48,49)53-40-38(46)36(44)35(43)37(45)39(40)47/h14-15,32,35-40,43-47H,3-13,16-31H2,1-2H3,(H,48,49)/b15-14-. The third-order valence-corrected chi connectivity index (χ3v) is 10.8. The van der Waals surface area contributed by atoms with E-state index in [9.17, 15) is 44.6 Å². The number of rotatable bonds is 34. The maximum atomic E-state index is 12.6. The number of carbonyl (C=O) groups is 2. The maximum absolute atomic E-state index is 12.6. The summed E-state index contributed by atoms with van der Waals surface area (Å²) >= 11 is 0. The molecule has 0 aromatic rings. The van der Waals surface area contributed by atoms with Gasteiger partial charge in [-0.05, 0) is 38.5 Å². The molecule has 1 aliphatic rings. The quantitative estimate of drug-likeness (QED) is 0.0166. The minimum Gasteiger partial charge on any atom is -0.462 e. The maximum Gasteiger partial charge on any atom is 0.472 e. The summed E-state index contributed by atoms with van der Waals surface area (Å²) in [5, 5.41) is 49.7. The van der Waals surface area contributed by atoms with Crippen LogP contribution in [0.1, 0.15) is 174 Å². The fourth-order valence-corrected chi connectivity index (χ4v) is 7.35. The smallest absolute Gasteiger partial charge is 0.462 e. The lowest BCUT2D eigenvalue weighted by Gasteiger charge is -2.41. The molecule has 1 fully saturated rings. The second kappa shape index (κ2) is 31.6. The molecule has 0 aromatic carbocycles. The van der Waals surface area contributed by atoms with Gasteiger partial charge in [0, 0.05) is 12.8 Å². The molecule has 0 aromatic heterocycles. The molecule has 0 heterocycles. The SMILES string of the molecule is CCCCCCCCCC/C=C\CCCCCCCCCCCCCC(=O)OC(COC(=O)CCCC)COP(=O)(O)OC1C(O)C(O)C(O)C(O)C1O. The van der Waals surface area contributed by atoms with Crippen LogP contribution in [0, 0.1) is 0 Å². The van der Waals surface area contributed by atoms with Crippen molar-refractivity contribution < 1.29 is 63.1 Å². The average molecular weight is 795 g/mol. The predicted octanol–water partition coefficient (Wildman–Crippen LogP) is 7.11. The molecule has 1 rings (SSSR count). The lowest BCUT2D eigenvalue weighted by atomic mass is 9.85. The van der Waals surface area contributed by atoms with E-state index >= 15 is 0 Å². The van der Waals surface area contributed by atoms with Gasteiger partial charge >= 0.3 is 19.8 Å². The number of phosphoric ester groups is 1. The van der Waals surface area contributed by atoms with Crippen LogP contribution in [0.2, 0.25) is 0 Å². The second-order valence-electron chi connectivity index (χ2n) is 14.8. The third-order valence-electron chi connectivity index (χ3n) is 9.86. The van der Waals surface area contributed by atoms with Crippen LogP contribution in [-0.2, 0) is 32.7 Å². The molecule has 1 aliphatic carbocycles. The molecule has 1 saturated carbocycles. The second-order valence-corrected chi connectivity index (χ2v) is 16.3. The fourth-order valence-electron chi connectivity index (χ4n) is 6.38. The Morgan fingerprint density at radius 1 is 0.556 bits per heavy atom. The number of aliphatic hydroxyl groups excluding tert-OH is 5. The van der Waals surface area contributed by atoms with Gasteiger partial charge in [0.15, 0.2) is 6.10 Å². The molecule has 54 heavy (non-hydrogen) atoms. The predicted molar refractivity (Wildman–Crippen MR) is 207 cm³/mol. The number of hydrogen-bond acceptors (Lipinski definition) is 12. The summed E-state index contributed by atoms with van der Waals surface area (Å²) in [6, 6.07) is 0. The molecule has 0 bridgehead atoms. The first-order chi connectivity index (χ1) is 25.9. The van der Waals surface area contributed by atoms with Gasteiger partial charge < -0.3 is 39.9 Å². The summed E-state index contributed by atoms with van der Waals surface area (Å²) in [5.41, 5.74) is 0. The number of unbranched alkanes of at least 4 members (excludes halogenated alkanes) is 20. The Hall–Kier alpha value is -1.41. The van der Waals surface area contributed by atoms with Crippen LogP contribution in [-0.4, -0.2) is 98.3 Å². The Balaban J connectivity index is 2.23. The van der Waals surface area contributed by atoms with Crippen LogP contribution in [0.3, 0.4) is 0 Å². The minimum absolute atomic E-state index is 0.0977. The molecule has 0 saturated heterocycles. The number of carbonyl (C=O) groups excluding carboxylic acids is 2. The fraction of sp³-hybridized carbons (Fsp3) is 0.900. The molecule has 6 atom stereocenters. The first-order valence-corrected chi connectivity index (χ1v) is 22.5. The van der Waals surface area contributed by atoms with E-state index < -0.39 is 75.7 Å². The Morgan fingerprint density at radius 3 is 1.44 bits per heavy atom. The van der Waals surface area contributed by atoms with Gasteiger partial charge in [-0.15, -0.1) is 0 Å². The zero-order chi connectivity index (χ0) is 40.0. The first kappa shape index (κ1) is 50.6. The molecule has 0 aliphatic heterocycles. The van der Waals surface area contributed by atoms with E-state index in [1.165, 1.54) is 103 Å². The van der Waals surface area contributed by atoms with Crippen LogP contribution in [0.4, 0.5) is 0 Å². The summed E-state index contributed by atoms with van der Waals surface area (Å²) in [6.45, 7) is 2.99. The number of aliphatic hydroxyl groups is 5. The van der Waals surface area contributed by atoms with E-state index in [1.54, 1.807) is 0 Å². The van der Waals surface area contributed by atoms with Gasteiger partial charge in [-0.1, -0.05) is 135 Å². The van der Waals surface area contributed by atoms with E-state index in [2.05, 4.69) is 19.1 Å². The van der Waals surface area contributed by atoms with Gasteiger partial charge in [-0.3, -0.25) is 18.6 Å². The molecule has 0 spiro atoms. The van der Waals surface area contributed by atoms with Crippen LogP contribution in [0.25, 0.3) is 0 Å². The number of hydrogen-bond donors (Lipinski definition) is 6. The number of phosphoric acid groups is 1. The van der Waals surface area contributed by atoms with Gasteiger partial charge in [-0.25, -0.2) is 4.57 Å². The molecule has 6 N–H and O–H groups in total. The van der Waals surface area contributed by atoms with Gasteiger partial charge in [-0.2, -0.15) is 0 Å². The van der Waals surface area contributed by atoms with Gasteiger partial charge in [0.25, 0.3) is 0 Å². The average Bonchev–Trinajstić information content (AvgIpc) is 3.15. The van der Waals surface area contributed by atoms with Crippen molar-refractivity contribution in [3.8, 4) is 0 Å². The lowest BCUT2D eigenvalue weighted by Crippen LogP contribution is -2.64. The van der Waals surface area contributed by atoms with Crippen LogP contribution in [0.15, 0.2) is 12.2 Å². The highest BCUT2D eigenvalue weighted by Gasteiger charge is 2.51. The normalized spacial score (nSPS) is 23.3. The highest BCUT2D eigenvalue weighted by atomic mass is 31.2. The topological polar surface area (TPSA) is 210 Å². The van der Waals surface area contributed by atoms with Crippen molar-refractivity contribution >= 4 is 19.8 Å². The first-order valence-electron chi connectivity index (χ1n) is 21.0. The van der Waals surface area contributed by atoms with Crippen molar-refractivity contribution in [2.75, 3.05) is 13.2 Å². The van der Waals surface area contributed by atoms with Crippen molar-refractivity contribution in [3.05, 3.63) is 12.2 Å². The monoisotopic (exact) mass is 794 g/mol. The van der Waals surface area contributed by atoms with Gasteiger partial charge in [0.2, 0.25) is 0 Å². The Kier molecular flexibility index (Phi) is 29.7. The van der Waals surface area contributed by atoms with E-state index in [-0.39, 0.29) is 12.8 Å². The number of ether oxygens (including phenoxy) is 2. The van der Waals surface area contributed by atoms with Crippen molar-refractivity contribution in [2.24, 2.45) is 0 Å². The van der Waals surface area contributed by atoms with Crippen molar-refractivity contribution in [1.29, 1.82) is 0 Å². The van der Waals surface area contributed by atoms with E-state index in [4.69, 9.17) is 18.5 Å². The molecule has 14 heteroatoms. The largest absolute Gasteiger partial charge is 0.472 e. The van der Waals surface area contributed by atoms with Crippen molar-refractivity contribution in [3.63, 3.8) is 0 Å².